The highest BCUT2D eigenvalue weighted by Gasteiger charge is 2.42. The van der Waals surface area contributed by atoms with Gasteiger partial charge in [0, 0.05) is 18.7 Å². The highest BCUT2D eigenvalue weighted by Crippen LogP contribution is 2.35. The Balaban J connectivity index is 1.87. The summed E-state index contributed by atoms with van der Waals surface area (Å²) in [5.74, 6) is 1.04. The average molecular weight is 371 g/mol. The average Bonchev–Trinajstić information content (AvgIpc) is 3.15. The van der Waals surface area contributed by atoms with Gasteiger partial charge in [-0.05, 0) is 31.0 Å². The molecule has 9 heteroatoms. The lowest BCUT2D eigenvalue weighted by Gasteiger charge is -2.21. The lowest BCUT2D eigenvalue weighted by atomic mass is 10.2. The van der Waals surface area contributed by atoms with Crippen molar-refractivity contribution in [2.75, 3.05) is 13.7 Å². The molecule has 1 fully saturated rings. The van der Waals surface area contributed by atoms with Crippen LogP contribution in [0.15, 0.2) is 24.3 Å². The van der Waals surface area contributed by atoms with E-state index < -0.39 is 16.1 Å². The topological polar surface area (TPSA) is 88.2 Å². The number of rotatable bonds is 5. The molecule has 0 saturated carbocycles. The molecule has 0 spiro atoms. The van der Waals surface area contributed by atoms with Crippen molar-refractivity contribution < 1.29 is 13.2 Å². The number of hydrogen-bond acceptors (Lipinski definition) is 5. The summed E-state index contributed by atoms with van der Waals surface area (Å²) in [6, 6.07) is 6.39. The zero-order chi connectivity index (χ0) is 17.3. The lowest BCUT2D eigenvalue weighted by Crippen LogP contribution is -2.33. The molecule has 1 aliphatic rings. The largest absolute Gasteiger partial charge is 0.380 e. The van der Waals surface area contributed by atoms with E-state index in [-0.39, 0.29) is 11.9 Å². The molecule has 0 amide bonds. The van der Waals surface area contributed by atoms with Crippen molar-refractivity contribution in [3.05, 3.63) is 46.5 Å². The molecular weight excluding hydrogens is 352 g/mol. The van der Waals surface area contributed by atoms with Gasteiger partial charge in [0.15, 0.2) is 5.82 Å². The van der Waals surface area contributed by atoms with Crippen molar-refractivity contribution in [1.29, 1.82) is 0 Å². The van der Waals surface area contributed by atoms with E-state index in [4.69, 9.17) is 16.3 Å². The van der Waals surface area contributed by atoms with Crippen molar-refractivity contribution >= 4 is 21.6 Å². The Hall–Kier alpha value is -1.48. The van der Waals surface area contributed by atoms with Crippen LogP contribution in [0.1, 0.15) is 29.7 Å². The van der Waals surface area contributed by atoms with Crippen molar-refractivity contribution in [2.45, 2.75) is 31.2 Å². The van der Waals surface area contributed by atoms with Crippen LogP contribution in [-0.4, -0.2) is 47.7 Å². The summed E-state index contributed by atoms with van der Waals surface area (Å²) in [6.07, 6.45) is 0.363. The number of methoxy groups -OCH3 is 1. The van der Waals surface area contributed by atoms with E-state index >= 15 is 0 Å². The third-order valence-corrected chi connectivity index (χ3v) is 6.15. The SMILES string of the molecule is CO[C@H]1C[C@@H](c2n[nH]c(C)n2)N(S(=O)(=O)Cc2ccc(Cl)cc2)C1. The van der Waals surface area contributed by atoms with Crippen LogP contribution in [0.5, 0.6) is 0 Å². The summed E-state index contributed by atoms with van der Waals surface area (Å²) in [5, 5.41) is 7.48. The third-order valence-electron chi connectivity index (χ3n) is 4.08. The summed E-state index contributed by atoms with van der Waals surface area (Å²) in [7, 11) is -1.96. The Morgan fingerprint density at radius 2 is 2.08 bits per heavy atom. The summed E-state index contributed by atoms with van der Waals surface area (Å²) in [5.41, 5.74) is 0.685. The first kappa shape index (κ1) is 17.3. The van der Waals surface area contributed by atoms with E-state index in [2.05, 4.69) is 15.2 Å². The van der Waals surface area contributed by atoms with Gasteiger partial charge in [-0.2, -0.15) is 9.40 Å². The van der Waals surface area contributed by atoms with Crippen LogP contribution in [0, 0.1) is 6.92 Å². The maximum atomic E-state index is 12.9. The minimum absolute atomic E-state index is 0.0967. The zero-order valence-electron chi connectivity index (χ0n) is 13.4. The van der Waals surface area contributed by atoms with Crippen LogP contribution < -0.4 is 0 Å². The normalized spacial score (nSPS) is 22.1. The summed E-state index contributed by atoms with van der Waals surface area (Å²) in [6.45, 7) is 2.08. The van der Waals surface area contributed by atoms with E-state index in [0.29, 0.717) is 35.2 Å². The molecule has 1 saturated heterocycles. The summed E-state index contributed by atoms with van der Waals surface area (Å²) >= 11 is 5.86. The van der Waals surface area contributed by atoms with Gasteiger partial charge in [0.2, 0.25) is 10.0 Å². The van der Waals surface area contributed by atoms with Crippen molar-refractivity contribution in [3.63, 3.8) is 0 Å². The number of nitrogens with zero attached hydrogens (tertiary/aromatic N) is 3. The van der Waals surface area contributed by atoms with Gasteiger partial charge < -0.3 is 4.74 Å². The molecular formula is C15H19ClN4O3S. The van der Waals surface area contributed by atoms with E-state index in [9.17, 15) is 8.42 Å². The molecule has 1 N–H and O–H groups in total. The van der Waals surface area contributed by atoms with Gasteiger partial charge >= 0.3 is 0 Å². The zero-order valence-corrected chi connectivity index (χ0v) is 15.0. The van der Waals surface area contributed by atoms with Crippen LogP contribution >= 0.6 is 11.6 Å². The maximum Gasteiger partial charge on any atom is 0.219 e. The van der Waals surface area contributed by atoms with Gasteiger partial charge in [-0.1, -0.05) is 23.7 Å². The number of ether oxygens (including phenoxy) is 1. The van der Waals surface area contributed by atoms with Crippen LogP contribution in [0.4, 0.5) is 0 Å². The third kappa shape index (κ3) is 3.61. The van der Waals surface area contributed by atoms with Gasteiger partial charge in [0.25, 0.3) is 0 Å². The van der Waals surface area contributed by atoms with E-state index in [1.807, 2.05) is 0 Å². The fraction of sp³-hybridized carbons (Fsp3) is 0.467. The van der Waals surface area contributed by atoms with Crippen molar-refractivity contribution in [3.8, 4) is 0 Å². The van der Waals surface area contributed by atoms with Gasteiger partial charge in [-0.3, -0.25) is 5.10 Å². The first-order chi connectivity index (χ1) is 11.4. The summed E-state index contributed by atoms with van der Waals surface area (Å²) < 4.78 is 32.6. The molecule has 0 unspecified atom stereocenters. The number of halogens is 1. The fourth-order valence-electron chi connectivity index (χ4n) is 2.86. The smallest absolute Gasteiger partial charge is 0.219 e. The van der Waals surface area contributed by atoms with Gasteiger partial charge in [0.05, 0.1) is 17.9 Å². The first-order valence-corrected chi connectivity index (χ1v) is 9.53. The number of sulfonamides is 1. The number of aryl methyl sites for hydroxylation is 1. The van der Waals surface area contributed by atoms with Gasteiger partial charge in [-0.15, -0.1) is 0 Å². The van der Waals surface area contributed by atoms with Crippen LogP contribution in [0.2, 0.25) is 5.02 Å². The second kappa shape index (κ2) is 6.79. The minimum Gasteiger partial charge on any atom is -0.380 e. The highest BCUT2D eigenvalue weighted by molar-refractivity contribution is 7.88. The van der Waals surface area contributed by atoms with Crippen LogP contribution in [0.25, 0.3) is 0 Å². The predicted molar refractivity (Wildman–Crippen MR) is 90.1 cm³/mol. The molecule has 1 aliphatic heterocycles. The van der Waals surface area contributed by atoms with Crippen LogP contribution in [0.3, 0.4) is 0 Å². The molecule has 0 bridgehead atoms. The standard InChI is InChI=1S/C15H19ClN4O3S/c1-10-17-15(19-18-10)14-7-13(23-2)8-20(14)24(21,22)9-11-3-5-12(16)6-4-11/h3-6,13-14H,7-9H2,1-2H3,(H,17,18,19)/t13-,14-/m0/s1. The Labute approximate surface area is 146 Å². The molecule has 7 nitrogen and oxygen atoms in total. The van der Waals surface area contributed by atoms with E-state index in [0.717, 1.165) is 0 Å². The number of hydrogen-bond donors (Lipinski definition) is 1. The van der Waals surface area contributed by atoms with Crippen molar-refractivity contribution in [2.24, 2.45) is 0 Å². The second-order valence-corrected chi connectivity index (χ2v) is 8.20. The number of benzene rings is 1. The van der Waals surface area contributed by atoms with E-state index in [1.165, 1.54) is 4.31 Å². The molecule has 130 valence electrons. The van der Waals surface area contributed by atoms with Crippen LogP contribution in [-0.2, 0) is 20.5 Å². The van der Waals surface area contributed by atoms with Crippen molar-refractivity contribution in [1.82, 2.24) is 19.5 Å². The number of H-pyrrole nitrogens is 1. The Morgan fingerprint density at radius 3 is 2.67 bits per heavy atom. The monoisotopic (exact) mass is 370 g/mol. The molecule has 1 aromatic heterocycles. The highest BCUT2D eigenvalue weighted by atomic mass is 35.5. The van der Waals surface area contributed by atoms with Gasteiger partial charge in [-0.25, -0.2) is 13.4 Å². The number of aromatic amines is 1. The quantitative estimate of drug-likeness (QED) is 0.870. The number of nitrogens with one attached hydrogen (secondary N) is 1. The second-order valence-electron chi connectivity index (χ2n) is 5.84. The molecule has 2 atom stereocenters. The molecule has 3 rings (SSSR count). The van der Waals surface area contributed by atoms with E-state index in [1.54, 1.807) is 38.3 Å². The molecule has 0 aliphatic carbocycles. The van der Waals surface area contributed by atoms with Gasteiger partial charge in [0.1, 0.15) is 5.82 Å². The maximum absolute atomic E-state index is 12.9. The Bertz CT molecular complexity index is 806. The Kier molecular flexibility index (Phi) is 4.91. The molecule has 24 heavy (non-hydrogen) atoms. The lowest BCUT2D eigenvalue weighted by molar-refractivity contribution is 0.114. The first-order valence-electron chi connectivity index (χ1n) is 7.54. The predicted octanol–water partition coefficient (Wildman–Crippen LogP) is 2.06. The Morgan fingerprint density at radius 1 is 1.38 bits per heavy atom. The number of aromatic nitrogens is 3. The minimum atomic E-state index is -3.54. The molecule has 2 aromatic rings. The summed E-state index contributed by atoms with van der Waals surface area (Å²) in [4.78, 5) is 4.30. The molecule has 2 heterocycles. The molecule has 0 radical (unpaired) electrons. The fourth-order valence-corrected chi connectivity index (χ4v) is 4.73. The molecule has 1 aromatic carbocycles.